The summed E-state index contributed by atoms with van der Waals surface area (Å²) in [5.74, 6) is -9.70. The fourth-order valence-electron chi connectivity index (χ4n) is 9.71. The van der Waals surface area contributed by atoms with Crippen molar-refractivity contribution in [3.05, 3.63) is 127 Å². The molecule has 22 heteroatoms. The first-order valence-corrected chi connectivity index (χ1v) is 23.1. The van der Waals surface area contributed by atoms with Crippen molar-refractivity contribution in [1.29, 1.82) is 0 Å². The highest BCUT2D eigenvalue weighted by molar-refractivity contribution is 7.92. The molecule has 10 rings (SSSR count). The van der Waals surface area contributed by atoms with Gasteiger partial charge in [0, 0.05) is 36.6 Å². The van der Waals surface area contributed by atoms with Crippen molar-refractivity contribution >= 4 is 55.2 Å². The van der Waals surface area contributed by atoms with Crippen LogP contribution in [0.2, 0.25) is 5.02 Å². The first kappa shape index (κ1) is 44.4. The van der Waals surface area contributed by atoms with Crippen LogP contribution in [0.25, 0.3) is 38.6 Å². The number of carbonyl (C=O) groups excluding carboxylic acids is 1. The molecule has 3 aliphatic rings. The highest BCUT2D eigenvalue weighted by Gasteiger charge is 2.67. The first-order valence-electron chi connectivity index (χ1n) is 20.9. The smallest absolute Gasteiger partial charge is 0.293 e. The number of anilines is 1. The summed E-state index contributed by atoms with van der Waals surface area (Å²) in [5.41, 5.74) is -0.493. The molecule has 0 spiro atoms. The Labute approximate surface area is 380 Å². The van der Waals surface area contributed by atoms with Crippen molar-refractivity contribution in [3.63, 3.8) is 0 Å². The number of sulfonamides is 1. The minimum Gasteiger partial charge on any atom is -0.490 e. The lowest BCUT2D eigenvalue weighted by Crippen LogP contribution is -2.38. The van der Waals surface area contributed by atoms with Crippen molar-refractivity contribution in [2.24, 2.45) is 13.0 Å². The minimum absolute atomic E-state index is 0.00665. The molecule has 67 heavy (non-hydrogen) atoms. The maximum Gasteiger partial charge on any atom is 0.293 e. The van der Waals surface area contributed by atoms with Gasteiger partial charge in [0.1, 0.15) is 35.4 Å². The summed E-state index contributed by atoms with van der Waals surface area (Å²) in [7, 11) is -2.50. The van der Waals surface area contributed by atoms with Gasteiger partial charge in [-0.25, -0.2) is 35.4 Å². The summed E-state index contributed by atoms with van der Waals surface area (Å²) < 4.78 is 141. The number of benzene rings is 4. The predicted molar refractivity (Wildman–Crippen MR) is 232 cm³/mol. The van der Waals surface area contributed by atoms with E-state index < -0.39 is 93.5 Å². The van der Waals surface area contributed by atoms with Crippen LogP contribution in [0.5, 0.6) is 5.75 Å². The van der Waals surface area contributed by atoms with Crippen molar-refractivity contribution in [3.8, 4) is 22.6 Å². The Kier molecular flexibility index (Phi) is 10.5. The molecule has 1 aliphatic heterocycles. The zero-order valence-electron chi connectivity index (χ0n) is 35.4. The third-order valence-electron chi connectivity index (χ3n) is 12.6. The summed E-state index contributed by atoms with van der Waals surface area (Å²) in [5, 5.41) is 10.8. The number of ether oxygens (including phenoxy) is 1. The zero-order valence-corrected chi connectivity index (χ0v) is 37.0. The van der Waals surface area contributed by atoms with Crippen molar-refractivity contribution < 1.29 is 48.7 Å². The van der Waals surface area contributed by atoms with E-state index in [1.165, 1.54) is 42.1 Å². The quantitative estimate of drug-likeness (QED) is 0.123. The van der Waals surface area contributed by atoms with Crippen LogP contribution in [0.15, 0.2) is 59.4 Å². The molecule has 0 bridgehead atoms. The van der Waals surface area contributed by atoms with E-state index in [1.807, 2.05) is 0 Å². The number of halogens is 8. The van der Waals surface area contributed by atoms with Gasteiger partial charge in [0.15, 0.2) is 17.4 Å². The van der Waals surface area contributed by atoms with E-state index in [0.29, 0.717) is 52.5 Å². The number of hydrogen-bond acceptors (Lipinski definition) is 8. The molecule has 2 N–H and O–H groups in total. The van der Waals surface area contributed by atoms with Crippen molar-refractivity contribution in [1.82, 2.24) is 34.4 Å². The van der Waals surface area contributed by atoms with Gasteiger partial charge in [-0.05, 0) is 96.8 Å². The van der Waals surface area contributed by atoms with Gasteiger partial charge in [0.05, 0.1) is 51.4 Å². The molecule has 2 aliphatic carbocycles. The summed E-state index contributed by atoms with van der Waals surface area (Å²) in [6.45, 7) is 1.14. The Hall–Kier alpha value is -6.48. The monoisotopic (exact) mass is 968 g/mol. The second-order valence-electron chi connectivity index (χ2n) is 17.0. The fourth-order valence-corrected chi connectivity index (χ4v) is 10.4. The Morgan fingerprint density at radius 2 is 1.79 bits per heavy atom. The lowest BCUT2D eigenvalue weighted by atomic mass is 9.92. The topological polar surface area (TPSA) is 155 Å². The van der Waals surface area contributed by atoms with E-state index in [4.69, 9.17) is 21.3 Å². The molecule has 4 heterocycles. The Morgan fingerprint density at radius 3 is 2.51 bits per heavy atom. The Morgan fingerprint density at radius 1 is 1.04 bits per heavy atom. The third-order valence-corrected chi connectivity index (χ3v) is 13.4. The van der Waals surface area contributed by atoms with Crippen LogP contribution in [0.4, 0.5) is 36.6 Å². The predicted octanol–water partition coefficient (Wildman–Crippen LogP) is 8.46. The van der Waals surface area contributed by atoms with Crippen LogP contribution in [-0.2, 0) is 47.2 Å². The standard InChI is InChI=1S/C45H36ClF7N8O5S/c1-19-24-5-4-10-66-39(24)30(49)17-26(19)21-6-7-25-31(14-21)55-43(61(44(25)63)33-9-8-29(46)36-38(33)59(2)57-42(36)58-67(3,64)65)32(13-20-11-22(47)15-23(48)12-20)54-34(62)18-60-40-35(37(56-60)41(50)51)27-16-28(27)45(40,52)53/h6-9,11-12,14-15,17,27-28,32,41H,4-5,10,13,16,18H2,1-3H3,(H,54,62)(H,57,58)/t27-,28-,32+/m1/s1. The van der Waals surface area contributed by atoms with Crippen LogP contribution in [0.1, 0.15) is 70.7 Å². The highest BCUT2D eigenvalue weighted by atomic mass is 35.5. The minimum atomic E-state index is -3.94. The molecule has 3 aromatic heterocycles. The number of rotatable bonds is 11. The summed E-state index contributed by atoms with van der Waals surface area (Å²) in [6, 6.07) is 9.59. The molecular weight excluding hydrogens is 933 g/mol. The van der Waals surface area contributed by atoms with Crippen LogP contribution < -0.4 is 20.3 Å². The first-order chi connectivity index (χ1) is 31.7. The largest absolute Gasteiger partial charge is 0.490 e. The van der Waals surface area contributed by atoms with Crippen molar-refractivity contribution in [2.45, 2.75) is 63.5 Å². The van der Waals surface area contributed by atoms with E-state index in [2.05, 4.69) is 20.2 Å². The number of fused-ring (bicyclic) bond motifs is 6. The fraction of sp³-hybridized carbons (Fsp3) is 0.311. The molecule has 0 saturated heterocycles. The van der Waals surface area contributed by atoms with Gasteiger partial charge in [-0.15, -0.1) is 0 Å². The van der Waals surface area contributed by atoms with Crippen LogP contribution in [-0.4, -0.2) is 56.3 Å². The number of carbonyl (C=O) groups is 1. The maximum atomic E-state index is 15.6. The molecule has 7 aromatic rings. The molecule has 13 nitrogen and oxygen atoms in total. The van der Waals surface area contributed by atoms with Gasteiger partial charge in [-0.3, -0.25) is 28.2 Å². The van der Waals surface area contributed by atoms with Crippen LogP contribution in [0, 0.1) is 30.3 Å². The van der Waals surface area contributed by atoms with Crippen LogP contribution >= 0.6 is 11.6 Å². The lowest BCUT2D eigenvalue weighted by molar-refractivity contribution is -0.123. The van der Waals surface area contributed by atoms with E-state index in [1.54, 1.807) is 13.0 Å². The Bertz CT molecular complexity index is 3430. The van der Waals surface area contributed by atoms with E-state index in [9.17, 15) is 30.8 Å². The molecule has 1 fully saturated rings. The zero-order chi connectivity index (χ0) is 47.6. The average Bonchev–Trinajstić information content (AvgIpc) is 3.80. The van der Waals surface area contributed by atoms with Gasteiger partial charge >= 0.3 is 0 Å². The number of aromatic nitrogens is 6. The lowest BCUT2D eigenvalue weighted by Gasteiger charge is -2.24. The van der Waals surface area contributed by atoms with Crippen LogP contribution in [0.3, 0.4) is 0 Å². The molecular formula is C45H36ClF7N8O5S. The van der Waals surface area contributed by atoms with Gasteiger partial charge < -0.3 is 10.1 Å². The number of alkyl halides is 4. The molecule has 4 aromatic carbocycles. The number of hydrogen-bond donors (Lipinski definition) is 2. The molecule has 1 saturated carbocycles. The highest BCUT2D eigenvalue weighted by Crippen LogP contribution is 2.68. The van der Waals surface area contributed by atoms with Gasteiger partial charge in [-0.1, -0.05) is 17.7 Å². The van der Waals surface area contributed by atoms with Gasteiger partial charge in [-0.2, -0.15) is 19.0 Å². The Balaban J connectivity index is 1.19. The van der Waals surface area contributed by atoms with Gasteiger partial charge in [0.25, 0.3) is 17.9 Å². The molecule has 348 valence electrons. The SMILES string of the molecule is Cc1c(-c2ccc3c(=O)n(-c4ccc(Cl)c5c(NS(C)(=O)=O)nn(C)c45)c([C@H](Cc4cc(F)cc(F)c4)NC(=O)Cn4nc(C(F)F)c5c4C(F)(F)[C@@H]4C[C@@H]54)nc3c2)cc(F)c2c1CCCO2. The molecule has 0 unspecified atom stereocenters. The summed E-state index contributed by atoms with van der Waals surface area (Å²) in [6.07, 6.45) is -1.66. The van der Waals surface area contributed by atoms with E-state index >= 15 is 18.0 Å². The number of nitrogens with zero attached hydrogens (tertiary/aromatic N) is 6. The van der Waals surface area contributed by atoms with E-state index in [-0.39, 0.29) is 67.5 Å². The molecule has 3 atom stereocenters. The maximum absolute atomic E-state index is 15.6. The molecule has 1 amide bonds. The summed E-state index contributed by atoms with van der Waals surface area (Å²) in [4.78, 5) is 34.4. The average molecular weight is 969 g/mol. The summed E-state index contributed by atoms with van der Waals surface area (Å²) >= 11 is 6.66. The second-order valence-corrected chi connectivity index (χ2v) is 19.2. The molecule has 0 radical (unpaired) electrons. The number of nitrogens with one attached hydrogen (secondary N) is 2. The van der Waals surface area contributed by atoms with E-state index in [0.717, 1.165) is 23.0 Å². The second kappa shape index (κ2) is 15.8. The number of amides is 1. The third kappa shape index (κ3) is 7.55. The number of aryl methyl sites for hydroxylation is 1. The van der Waals surface area contributed by atoms with Crippen molar-refractivity contribution in [2.75, 3.05) is 17.6 Å². The normalized spacial score (nSPS) is 17.6. The van der Waals surface area contributed by atoms with Gasteiger partial charge in [0.2, 0.25) is 15.9 Å².